The Bertz CT molecular complexity index is 1080. The van der Waals surface area contributed by atoms with Crippen molar-refractivity contribution in [3.05, 3.63) is 84.2 Å². The lowest BCUT2D eigenvalue weighted by Gasteiger charge is -2.20. The number of aromatic nitrogens is 1. The summed E-state index contributed by atoms with van der Waals surface area (Å²) < 4.78 is 32.4. The molecule has 0 spiro atoms. The van der Waals surface area contributed by atoms with Crippen LogP contribution >= 0.6 is 0 Å². The summed E-state index contributed by atoms with van der Waals surface area (Å²) in [4.78, 5) is 16.6. The molecule has 7 nitrogen and oxygen atoms in total. The molecular formula is C21H21N3O4S. The summed E-state index contributed by atoms with van der Waals surface area (Å²) in [6, 6.07) is 16.7. The van der Waals surface area contributed by atoms with Crippen molar-refractivity contribution in [3.8, 4) is 5.75 Å². The Morgan fingerprint density at radius 3 is 2.45 bits per heavy atom. The largest absolute Gasteiger partial charge is 0.497 e. The second-order valence-electron chi connectivity index (χ2n) is 6.21. The monoisotopic (exact) mass is 411 g/mol. The van der Waals surface area contributed by atoms with E-state index in [1.807, 2.05) is 12.1 Å². The molecule has 0 radical (unpaired) electrons. The van der Waals surface area contributed by atoms with Gasteiger partial charge in [0.15, 0.2) is 0 Å². The highest BCUT2D eigenvalue weighted by Gasteiger charge is 2.26. The molecule has 1 amide bonds. The smallest absolute Gasteiger partial charge is 0.264 e. The molecule has 0 aliphatic heterocycles. The molecular weight excluding hydrogens is 390 g/mol. The van der Waals surface area contributed by atoms with Gasteiger partial charge in [-0.3, -0.25) is 14.1 Å². The molecule has 8 heteroatoms. The number of amides is 1. The quantitative estimate of drug-likeness (QED) is 0.646. The van der Waals surface area contributed by atoms with E-state index < -0.39 is 15.9 Å². The number of carbonyl (C=O) groups is 1. The lowest BCUT2D eigenvalue weighted by atomic mass is 10.2. The predicted octanol–water partition coefficient (Wildman–Crippen LogP) is 2.85. The van der Waals surface area contributed by atoms with Gasteiger partial charge >= 0.3 is 0 Å². The van der Waals surface area contributed by atoms with E-state index in [1.54, 1.807) is 49.7 Å². The van der Waals surface area contributed by atoms with Gasteiger partial charge in [-0.15, -0.1) is 0 Å². The van der Waals surface area contributed by atoms with Crippen LogP contribution in [0, 0.1) is 0 Å². The first-order valence-electron chi connectivity index (χ1n) is 8.82. The lowest BCUT2D eigenvalue weighted by molar-refractivity contribution is 0.0947. The van der Waals surface area contributed by atoms with Gasteiger partial charge in [0.25, 0.3) is 15.9 Å². The SMILES string of the molecule is COc1ccc(CNC(=O)c2ccccc2S(=O)(=O)N(C)c2cccnc2)cc1. The molecule has 150 valence electrons. The van der Waals surface area contributed by atoms with Crippen LogP contribution in [0.5, 0.6) is 5.75 Å². The molecule has 3 aromatic rings. The number of rotatable bonds is 7. The van der Waals surface area contributed by atoms with Gasteiger partial charge in [-0.25, -0.2) is 8.42 Å². The number of benzene rings is 2. The number of nitrogens with one attached hydrogen (secondary N) is 1. The molecule has 1 N–H and O–H groups in total. The minimum Gasteiger partial charge on any atom is -0.497 e. The Morgan fingerprint density at radius 1 is 1.07 bits per heavy atom. The minimum absolute atomic E-state index is 0.0708. The molecule has 29 heavy (non-hydrogen) atoms. The maximum absolute atomic E-state index is 13.1. The number of hydrogen-bond acceptors (Lipinski definition) is 5. The van der Waals surface area contributed by atoms with Crippen LogP contribution in [-0.2, 0) is 16.6 Å². The Labute approximate surface area is 170 Å². The highest BCUT2D eigenvalue weighted by molar-refractivity contribution is 7.92. The number of anilines is 1. The van der Waals surface area contributed by atoms with Gasteiger partial charge in [0.05, 0.1) is 24.6 Å². The number of hydrogen-bond donors (Lipinski definition) is 1. The molecule has 0 aliphatic carbocycles. The van der Waals surface area contributed by atoms with Gasteiger partial charge in [-0.1, -0.05) is 24.3 Å². The molecule has 0 saturated carbocycles. The molecule has 0 bridgehead atoms. The summed E-state index contributed by atoms with van der Waals surface area (Å²) in [6.45, 7) is 0.260. The zero-order chi connectivity index (χ0) is 20.9. The van der Waals surface area contributed by atoms with Crippen molar-refractivity contribution in [1.29, 1.82) is 0 Å². The topological polar surface area (TPSA) is 88.6 Å². The van der Waals surface area contributed by atoms with Gasteiger partial charge in [0.1, 0.15) is 10.6 Å². The second-order valence-corrected chi connectivity index (χ2v) is 8.15. The fourth-order valence-electron chi connectivity index (χ4n) is 2.73. The van der Waals surface area contributed by atoms with Crippen molar-refractivity contribution in [2.45, 2.75) is 11.4 Å². The zero-order valence-corrected chi connectivity index (χ0v) is 16.9. The van der Waals surface area contributed by atoms with E-state index in [2.05, 4.69) is 10.3 Å². The molecule has 0 atom stereocenters. The normalized spacial score (nSPS) is 11.0. The number of sulfonamides is 1. The number of nitrogens with zero attached hydrogens (tertiary/aromatic N) is 2. The Morgan fingerprint density at radius 2 is 1.79 bits per heavy atom. The van der Waals surface area contributed by atoms with E-state index in [1.165, 1.54) is 25.4 Å². The first-order valence-corrected chi connectivity index (χ1v) is 10.3. The van der Waals surface area contributed by atoms with Crippen LogP contribution in [0.1, 0.15) is 15.9 Å². The van der Waals surface area contributed by atoms with E-state index in [4.69, 9.17) is 4.74 Å². The third-order valence-corrected chi connectivity index (χ3v) is 6.24. The average Bonchev–Trinajstić information content (AvgIpc) is 2.77. The van der Waals surface area contributed by atoms with E-state index in [-0.39, 0.29) is 17.0 Å². The summed E-state index contributed by atoms with van der Waals surface area (Å²) in [5, 5.41) is 2.77. The van der Waals surface area contributed by atoms with Crippen LogP contribution in [0.4, 0.5) is 5.69 Å². The summed E-state index contributed by atoms with van der Waals surface area (Å²) in [5.41, 5.74) is 1.35. The minimum atomic E-state index is -3.94. The van der Waals surface area contributed by atoms with Crippen molar-refractivity contribution < 1.29 is 17.9 Å². The van der Waals surface area contributed by atoms with Gasteiger partial charge < -0.3 is 10.1 Å². The first kappa shape index (κ1) is 20.3. The maximum Gasteiger partial charge on any atom is 0.264 e. The number of ether oxygens (including phenoxy) is 1. The van der Waals surface area contributed by atoms with Crippen molar-refractivity contribution in [1.82, 2.24) is 10.3 Å². The van der Waals surface area contributed by atoms with Gasteiger partial charge in [0.2, 0.25) is 0 Å². The lowest BCUT2D eigenvalue weighted by Crippen LogP contribution is -2.30. The highest BCUT2D eigenvalue weighted by Crippen LogP contribution is 2.24. The molecule has 0 saturated heterocycles. The number of methoxy groups -OCH3 is 1. The first-order chi connectivity index (χ1) is 13.9. The van der Waals surface area contributed by atoms with Crippen LogP contribution in [0.15, 0.2) is 78.0 Å². The summed E-state index contributed by atoms with van der Waals surface area (Å²) in [7, 11) is -0.935. The zero-order valence-electron chi connectivity index (χ0n) is 16.1. The van der Waals surface area contributed by atoms with Crippen LogP contribution in [0.25, 0.3) is 0 Å². The molecule has 1 heterocycles. The summed E-state index contributed by atoms with van der Waals surface area (Å²) in [6.07, 6.45) is 3.01. The highest BCUT2D eigenvalue weighted by atomic mass is 32.2. The van der Waals surface area contributed by atoms with Gasteiger partial charge in [0, 0.05) is 19.8 Å². The average molecular weight is 411 g/mol. The number of pyridine rings is 1. The standard InChI is InChI=1S/C21H21N3O4S/c1-24(17-6-5-13-22-15-17)29(26,27)20-8-4-3-7-19(20)21(25)23-14-16-9-11-18(28-2)12-10-16/h3-13,15H,14H2,1-2H3,(H,23,25). The van der Waals surface area contributed by atoms with Gasteiger partial charge in [-0.2, -0.15) is 0 Å². The van der Waals surface area contributed by atoms with Crippen molar-refractivity contribution in [2.24, 2.45) is 0 Å². The van der Waals surface area contributed by atoms with E-state index in [0.717, 1.165) is 15.6 Å². The number of carbonyl (C=O) groups excluding carboxylic acids is 1. The van der Waals surface area contributed by atoms with Crippen LogP contribution in [0.3, 0.4) is 0 Å². The molecule has 0 unspecified atom stereocenters. The fourth-order valence-corrected chi connectivity index (χ4v) is 4.10. The summed E-state index contributed by atoms with van der Waals surface area (Å²) in [5.74, 6) is 0.245. The fraction of sp³-hybridized carbons (Fsp3) is 0.143. The van der Waals surface area contributed by atoms with Crippen molar-refractivity contribution >= 4 is 21.6 Å². The predicted molar refractivity (Wildman–Crippen MR) is 110 cm³/mol. The third-order valence-electron chi connectivity index (χ3n) is 4.39. The Hall–Kier alpha value is -3.39. The molecule has 1 aromatic heterocycles. The molecule has 0 fully saturated rings. The van der Waals surface area contributed by atoms with Crippen molar-refractivity contribution in [2.75, 3.05) is 18.5 Å². The van der Waals surface area contributed by atoms with Crippen molar-refractivity contribution in [3.63, 3.8) is 0 Å². The van der Waals surface area contributed by atoms with Crippen LogP contribution < -0.4 is 14.4 Å². The summed E-state index contributed by atoms with van der Waals surface area (Å²) >= 11 is 0. The van der Waals surface area contributed by atoms with Gasteiger partial charge in [-0.05, 0) is 42.0 Å². The Kier molecular flexibility index (Phi) is 6.13. The molecule has 0 aliphatic rings. The van der Waals surface area contributed by atoms with E-state index >= 15 is 0 Å². The Balaban J connectivity index is 1.83. The van der Waals surface area contributed by atoms with Crippen LogP contribution in [0.2, 0.25) is 0 Å². The molecule has 3 rings (SSSR count). The molecule has 2 aromatic carbocycles. The second kappa shape index (κ2) is 8.74. The maximum atomic E-state index is 13.1. The van der Waals surface area contributed by atoms with E-state index in [0.29, 0.717) is 5.69 Å². The third kappa shape index (κ3) is 4.55. The van der Waals surface area contributed by atoms with E-state index in [9.17, 15) is 13.2 Å². The van der Waals surface area contributed by atoms with Crippen LogP contribution in [-0.4, -0.2) is 33.5 Å².